The maximum atomic E-state index is 13.6. The van der Waals surface area contributed by atoms with Crippen LogP contribution in [0.5, 0.6) is 0 Å². The van der Waals surface area contributed by atoms with Gasteiger partial charge in [0.2, 0.25) is 11.8 Å². The maximum Gasteiger partial charge on any atom is 0.416 e. The summed E-state index contributed by atoms with van der Waals surface area (Å²) in [6.45, 7) is 5.93. The van der Waals surface area contributed by atoms with Gasteiger partial charge in [-0.25, -0.2) is 18.3 Å². The molecule has 0 bridgehead atoms. The zero-order valence-corrected chi connectivity index (χ0v) is 26.7. The predicted octanol–water partition coefficient (Wildman–Crippen LogP) is 5.35. The third kappa shape index (κ3) is 8.08. The molecule has 1 saturated carbocycles. The van der Waals surface area contributed by atoms with Gasteiger partial charge < -0.3 is 20.1 Å². The molecule has 11 nitrogen and oxygen atoms in total. The van der Waals surface area contributed by atoms with Crippen LogP contribution in [0.2, 0.25) is 0 Å². The zero-order chi connectivity index (χ0) is 34.1. The number of carbonyl (C=O) groups excluding carboxylic acids is 2. The quantitative estimate of drug-likeness (QED) is 0.249. The van der Waals surface area contributed by atoms with Gasteiger partial charge in [-0.05, 0) is 70.1 Å². The highest BCUT2D eigenvalue weighted by molar-refractivity contribution is 5.92. The predicted molar refractivity (Wildman–Crippen MR) is 159 cm³/mol. The first-order valence-corrected chi connectivity index (χ1v) is 15.7. The Morgan fingerprint density at radius 2 is 1.83 bits per heavy atom. The first-order chi connectivity index (χ1) is 22.0. The van der Waals surface area contributed by atoms with Crippen LogP contribution in [0, 0.1) is 11.8 Å². The number of alkyl halides is 5. The molecule has 2 aliphatic rings. The molecule has 4 heterocycles. The van der Waals surface area contributed by atoms with E-state index in [1.165, 1.54) is 27.7 Å². The van der Waals surface area contributed by atoms with Crippen LogP contribution in [0.3, 0.4) is 0 Å². The van der Waals surface area contributed by atoms with E-state index in [0.29, 0.717) is 37.3 Å². The van der Waals surface area contributed by atoms with E-state index in [4.69, 9.17) is 9.47 Å². The number of imidazole rings is 1. The van der Waals surface area contributed by atoms with Crippen molar-refractivity contribution in [2.45, 2.75) is 95.6 Å². The molecule has 1 saturated heterocycles. The van der Waals surface area contributed by atoms with Crippen LogP contribution in [0.1, 0.15) is 99.7 Å². The molecule has 2 fully saturated rings. The average molecular weight is 670 g/mol. The molecular weight excluding hydrogens is 629 g/mol. The molecular formula is C31H40F5N7O4. The fraction of sp³-hybridized carbons (Fsp3) is 0.645. The average Bonchev–Trinajstić information content (AvgIpc) is 3.64. The van der Waals surface area contributed by atoms with Crippen LogP contribution in [0.4, 0.5) is 22.0 Å². The zero-order valence-electron chi connectivity index (χ0n) is 26.7. The number of carbonyl (C=O) groups is 2. The second-order valence-corrected chi connectivity index (χ2v) is 13.2. The van der Waals surface area contributed by atoms with Crippen molar-refractivity contribution in [1.82, 2.24) is 35.0 Å². The van der Waals surface area contributed by atoms with Crippen molar-refractivity contribution in [1.29, 1.82) is 0 Å². The van der Waals surface area contributed by atoms with Crippen LogP contribution < -0.4 is 10.6 Å². The Morgan fingerprint density at radius 1 is 1.13 bits per heavy atom. The van der Waals surface area contributed by atoms with Gasteiger partial charge >= 0.3 is 6.18 Å². The van der Waals surface area contributed by atoms with Crippen LogP contribution in [0.25, 0.3) is 5.65 Å². The molecule has 0 unspecified atom stereocenters. The van der Waals surface area contributed by atoms with Gasteiger partial charge in [0.25, 0.3) is 5.91 Å². The van der Waals surface area contributed by atoms with Crippen LogP contribution in [0.15, 0.2) is 30.7 Å². The topological polar surface area (TPSA) is 125 Å². The Bertz CT molecular complexity index is 1560. The van der Waals surface area contributed by atoms with Crippen molar-refractivity contribution >= 4 is 17.5 Å². The van der Waals surface area contributed by atoms with E-state index in [1.807, 2.05) is 13.8 Å². The number of hydrogen-bond acceptors (Lipinski definition) is 7. The second kappa shape index (κ2) is 13.5. The Morgan fingerprint density at radius 3 is 2.47 bits per heavy atom. The summed E-state index contributed by atoms with van der Waals surface area (Å²) in [7, 11) is 0. The number of rotatable bonds is 12. The SMILES string of the molecule is CC(C)n1nccc1C(=O)N[C@@H](COC(C)(C)C(F)(F)F)c1cn2ncc([C@H](NC(=O)CC3CC(F)(F)C3)C3CCOCC3)cc2n1. The number of amides is 2. The number of nitrogens with zero attached hydrogens (tertiary/aromatic N) is 5. The smallest absolute Gasteiger partial charge is 0.381 e. The molecule has 2 atom stereocenters. The lowest BCUT2D eigenvalue weighted by Crippen LogP contribution is -2.44. The summed E-state index contributed by atoms with van der Waals surface area (Å²) in [6.07, 6.45) is 0.525. The number of fused-ring (bicyclic) bond motifs is 1. The van der Waals surface area contributed by atoms with Crippen molar-refractivity contribution in [3.63, 3.8) is 0 Å². The molecule has 3 aromatic heterocycles. The van der Waals surface area contributed by atoms with Crippen molar-refractivity contribution < 1.29 is 41.0 Å². The lowest BCUT2D eigenvalue weighted by atomic mass is 9.79. The van der Waals surface area contributed by atoms with Gasteiger partial charge in [0.15, 0.2) is 11.2 Å². The van der Waals surface area contributed by atoms with E-state index in [1.54, 1.807) is 12.3 Å². The highest BCUT2D eigenvalue weighted by atomic mass is 19.4. The number of halogens is 5. The number of aromatic nitrogens is 5. The molecule has 1 aliphatic carbocycles. The lowest BCUT2D eigenvalue weighted by molar-refractivity contribution is -0.265. The van der Waals surface area contributed by atoms with Crippen molar-refractivity contribution in [3.8, 4) is 0 Å². The first-order valence-electron chi connectivity index (χ1n) is 15.7. The molecule has 47 heavy (non-hydrogen) atoms. The van der Waals surface area contributed by atoms with E-state index in [9.17, 15) is 31.5 Å². The van der Waals surface area contributed by atoms with Gasteiger partial charge in [0.05, 0.1) is 36.8 Å². The number of hydrogen-bond donors (Lipinski definition) is 2. The highest BCUT2D eigenvalue weighted by Gasteiger charge is 2.49. The van der Waals surface area contributed by atoms with Gasteiger partial charge in [-0.2, -0.15) is 23.4 Å². The van der Waals surface area contributed by atoms with E-state index < -0.39 is 42.3 Å². The molecule has 5 rings (SSSR count). The molecule has 0 spiro atoms. The summed E-state index contributed by atoms with van der Waals surface area (Å²) in [5, 5.41) is 14.4. The van der Waals surface area contributed by atoms with Crippen LogP contribution >= 0.6 is 0 Å². The second-order valence-electron chi connectivity index (χ2n) is 13.2. The molecule has 16 heteroatoms. The summed E-state index contributed by atoms with van der Waals surface area (Å²) >= 11 is 0. The molecule has 0 aromatic carbocycles. The Labute approximate surface area is 268 Å². The third-order valence-corrected chi connectivity index (χ3v) is 8.77. The lowest BCUT2D eigenvalue weighted by Gasteiger charge is -2.35. The first kappa shape index (κ1) is 34.7. The molecule has 2 N–H and O–H groups in total. The van der Waals surface area contributed by atoms with E-state index in [0.717, 1.165) is 13.8 Å². The fourth-order valence-electron chi connectivity index (χ4n) is 5.91. The van der Waals surface area contributed by atoms with Crippen LogP contribution in [-0.4, -0.2) is 73.7 Å². The Kier molecular flexibility index (Phi) is 9.92. The van der Waals surface area contributed by atoms with Gasteiger partial charge in [-0.3, -0.25) is 14.3 Å². The number of nitrogens with one attached hydrogen (secondary N) is 2. The number of ether oxygens (including phenoxy) is 2. The summed E-state index contributed by atoms with van der Waals surface area (Å²) in [4.78, 5) is 30.9. The summed E-state index contributed by atoms with van der Waals surface area (Å²) < 4.78 is 81.4. The van der Waals surface area contributed by atoms with E-state index >= 15 is 0 Å². The summed E-state index contributed by atoms with van der Waals surface area (Å²) in [6, 6.07) is 1.47. The summed E-state index contributed by atoms with van der Waals surface area (Å²) in [5.74, 6) is -4.03. The van der Waals surface area contributed by atoms with Crippen molar-refractivity contribution in [2.75, 3.05) is 19.8 Å². The highest BCUT2D eigenvalue weighted by Crippen LogP contribution is 2.44. The van der Waals surface area contributed by atoms with Gasteiger partial charge in [-0.1, -0.05) is 0 Å². The third-order valence-electron chi connectivity index (χ3n) is 8.77. The van der Waals surface area contributed by atoms with E-state index in [2.05, 4.69) is 25.8 Å². The minimum absolute atomic E-state index is 0.00920. The Balaban J connectivity index is 1.41. The maximum absolute atomic E-state index is 13.6. The fourth-order valence-corrected chi connectivity index (χ4v) is 5.91. The molecule has 3 aromatic rings. The minimum Gasteiger partial charge on any atom is -0.381 e. The Hall–Kier alpha value is -3.66. The summed E-state index contributed by atoms with van der Waals surface area (Å²) in [5.41, 5.74) is -1.14. The monoisotopic (exact) mass is 669 g/mol. The van der Waals surface area contributed by atoms with Crippen LogP contribution in [-0.2, 0) is 14.3 Å². The minimum atomic E-state index is -4.67. The molecule has 0 radical (unpaired) electrons. The molecule has 1 aliphatic heterocycles. The van der Waals surface area contributed by atoms with Crippen molar-refractivity contribution in [3.05, 3.63) is 47.7 Å². The van der Waals surface area contributed by atoms with Gasteiger partial charge in [0.1, 0.15) is 5.69 Å². The van der Waals surface area contributed by atoms with Crippen molar-refractivity contribution in [2.24, 2.45) is 11.8 Å². The normalized spacial score (nSPS) is 19.0. The molecule has 258 valence electrons. The van der Waals surface area contributed by atoms with E-state index in [-0.39, 0.29) is 54.4 Å². The van der Waals surface area contributed by atoms with Gasteiger partial charge in [0, 0.05) is 44.7 Å². The van der Waals surface area contributed by atoms with Gasteiger partial charge in [-0.15, -0.1) is 0 Å². The largest absolute Gasteiger partial charge is 0.416 e. The standard InChI is InChI=1S/C31H40F5N7O4/c1-18(2)43-24(5-8-37-43)28(45)40-23(17-47-29(3,4)31(34,35)36)22-16-42-25(39-22)12-21(15-38-42)27(20-6-9-46-10-7-20)41-26(44)11-19-13-30(32,33)14-19/h5,8,12,15-16,18-20,23,27H,6-7,9-11,13-14,17H2,1-4H3,(H,40,45)(H,41,44)/t23-,27+/m0/s1. The molecule has 2 amide bonds.